The minimum atomic E-state index is 0.0647. The molecule has 1 saturated heterocycles. The molecular formula is C14H21BrN2O2. The Labute approximate surface area is 122 Å². The number of amides is 1. The van der Waals surface area contributed by atoms with Crippen LogP contribution in [0, 0.1) is 5.92 Å². The molecule has 5 heteroatoms. The Balaban J connectivity index is 1.94. The van der Waals surface area contributed by atoms with Crippen LogP contribution in [0.25, 0.3) is 0 Å². The number of furan rings is 1. The molecule has 1 unspecified atom stereocenters. The van der Waals surface area contributed by atoms with E-state index in [1.165, 1.54) is 6.42 Å². The Bertz CT molecular complexity index is 431. The van der Waals surface area contributed by atoms with Crippen LogP contribution < -0.4 is 5.32 Å². The lowest BCUT2D eigenvalue weighted by molar-refractivity contribution is 0.0670. The lowest BCUT2D eigenvalue weighted by atomic mass is 9.97. The van der Waals surface area contributed by atoms with Crippen LogP contribution in [0.4, 0.5) is 0 Å². The van der Waals surface area contributed by atoms with E-state index < -0.39 is 0 Å². The Morgan fingerprint density at radius 3 is 3.05 bits per heavy atom. The molecule has 0 radical (unpaired) electrons. The summed E-state index contributed by atoms with van der Waals surface area (Å²) < 4.78 is 5.67. The summed E-state index contributed by atoms with van der Waals surface area (Å²) in [7, 11) is 0. The number of hydrogen-bond acceptors (Lipinski definition) is 3. The molecule has 1 N–H and O–H groups in total. The second-order valence-electron chi connectivity index (χ2n) is 5.43. The summed E-state index contributed by atoms with van der Waals surface area (Å²) in [6, 6.07) is 2.22. The molecule has 19 heavy (non-hydrogen) atoms. The summed E-state index contributed by atoms with van der Waals surface area (Å²) in [4.78, 5) is 14.3. The number of rotatable bonds is 4. The largest absolute Gasteiger partial charge is 0.457 e. The van der Waals surface area contributed by atoms with Crippen molar-refractivity contribution >= 4 is 21.8 Å². The van der Waals surface area contributed by atoms with Gasteiger partial charge in [0.25, 0.3) is 5.91 Å². The number of carbonyl (C=O) groups is 1. The first-order chi connectivity index (χ1) is 9.08. The first-order valence-corrected chi connectivity index (χ1v) is 7.63. The van der Waals surface area contributed by atoms with Gasteiger partial charge in [0.2, 0.25) is 0 Å². The van der Waals surface area contributed by atoms with Gasteiger partial charge in [-0.05, 0) is 47.3 Å². The van der Waals surface area contributed by atoms with Crippen molar-refractivity contribution in [2.45, 2.75) is 32.7 Å². The van der Waals surface area contributed by atoms with Crippen LogP contribution in [-0.4, -0.2) is 36.5 Å². The predicted octanol–water partition coefficient (Wildman–Crippen LogP) is 2.89. The highest BCUT2D eigenvalue weighted by atomic mass is 79.9. The second-order valence-corrected chi connectivity index (χ2v) is 6.15. The molecule has 1 aliphatic heterocycles. The van der Waals surface area contributed by atoms with E-state index in [0.717, 1.165) is 26.1 Å². The zero-order valence-corrected chi connectivity index (χ0v) is 13.1. The van der Waals surface area contributed by atoms with Crippen molar-refractivity contribution in [1.29, 1.82) is 0 Å². The van der Waals surface area contributed by atoms with E-state index in [0.29, 0.717) is 22.2 Å². The van der Waals surface area contributed by atoms with Gasteiger partial charge in [-0.15, -0.1) is 0 Å². The maximum atomic E-state index is 12.4. The highest BCUT2D eigenvalue weighted by molar-refractivity contribution is 9.10. The molecule has 0 aliphatic carbocycles. The number of halogens is 1. The van der Waals surface area contributed by atoms with Gasteiger partial charge in [0, 0.05) is 19.1 Å². The molecule has 1 aromatic rings. The Morgan fingerprint density at radius 1 is 1.63 bits per heavy atom. The molecule has 1 aromatic heterocycles. The number of carbonyl (C=O) groups excluding carboxylic acids is 1. The van der Waals surface area contributed by atoms with E-state index in [-0.39, 0.29) is 5.91 Å². The van der Waals surface area contributed by atoms with Crippen molar-refractivity contribution in [3.63, 3.8) is 0 Å². The highest BCUT2D eigenvalue weighted by Crippen LogP contribution is 2.23. The molecule has 0 aromatic carbocycles. The molecular weight excluding hydrogens is 308 g/mol. The monoisotopic (exact) mass is 328 g/mol. The molecule has 0 saturated carbocycles. The zero-order chi connectivity index (χ0) is 13.8. The summed E-state index contributed by atoms with van der Waals surface area (Å²) in [5.74, 6) is 0.612. The van der Waals surface area contributed by atoms with Crippen LogP contribution in [0.1, 0.15) is 37.0 Å². The topological polar surface area (TPSA) is 45.5 Å². The lowest BCUT2D eigenvalue weighted by Gasteiger charge is -2.33. The summed E-state index contributed by atoms with van der Waals surface area (Å²) in [5, 5.41) is 3.46. The third kappa shape index (κ3) is 3.83. The van der Waals surface area contributed by atoms with Crippen molar-refractivity contribution in [3.05, 3.63) is 22.6 Å². The molecule has 2 heterocycles. The number of piperidine rings is 1. The molecule has 1 atom stereocenters. The third-order valence-corrected chi connectivity index (χ3v) is 4.08. The fraction of sp³-hybridized carbons (Fsp3) is 0.643. The van der Waals surface area contributed by atoms with Crippen LogP contribution in [0.2, 0.25) is 0 Å². The molecule has 4 nitrogen and oxygen atoms in total. The van der Waals surface area contributed by atoms with E-state index in [2.05, 4.69) is 35.1 Å². The van der Waals surface area contributed by atoms with Crippen LogP contribution in [-0.2, 0) is 0 Å². The average Bonchev–Trinajstić information content (AvgIpc) is 2.82. The van der Waals surface area contributed by atoms with Gasteiger partial charge in [0.15, 0.2) is 4.67 Å². The number of nitrogens with zero attached hydrogens (tertiary/aromatic N) is 1. The minimum absolute atomic E-state index is 0.0647. The summed E-state index contributed by atoms with van der Waals surface area (Å²) >= 11 is 3.27. The molecule has 0 spiro atoms. The van der Waals surface area contributed by atoms with Crippen molar-refractivity contribution in [1.82, 2.24) is 10.2 Å². The molecule has 1 amide bonds. The first-order valence-electron chi connectivity index (χ1n) is 6.83. The standard InChI is InChI=1S/C14H21BrN2O2/c1-10(2)16-8-11-4-3-6-17(9-11)14(18)12-5-7-19-13(12)15/h5,7,10-11,16H,3-4,6,8-9H2,1-2H3. The number of likely N-dealkylation sites (tertiary alicyclic amines) is 1. The van der Waals surface area contributed by atoms with Gasteiger partial charge in [-0.2, -0.15) is 0 Å². The van der Waals surface area contributed by atoms with E-state index in [4.69, 9.17) is 4.42 Å². The first kappa shape index (κ1) is 14.6. The van der Waals surface area contributed by atoms with Crippen molar-refractivity contribution < 1.29 is 9.21 Å². The molecule has 106 valence electrons. The van der Waals surface area contributed by atoms with E-state index in [1.54, 1.807) is 12.3 Å². The van der Waals surface area contributed by atoms with Gasteiger partial charge in [0.1, 0.15) is 0 Å². The smallest absolute Gasteiger partial charge is 0.258 e. The Morgan fingerprint density at radius 2 is 2.42 bits per heavy atom. The SMILES string of the molecule is CC(C)NCC1CCCN(C(=O)c2ccoc2Br)C1. The van der Waals surface area contributed by atoms with Crippen LogP contribution in [0.5, 0.6) is 0 Å². The van der Waals surface area contributed by atoms with Crippen molar-refractivity contribution in [3.8, 4) is 0 Å². The second kappa shape index (κ2) is 6.57. The van der Waals surface area contributed by atoms with Gasteiger partial charge in [-0.1, -0.05) is 13.8 Å². The quantitative estimate of drug-likeness (QED) is 0.924. The number of hydrogen-bond donors (Lipinski definition) is 1. The van der Waals surface area contributed by atoms with Crippen LogP contribution in [0.15, 0.2) is 21.4 Å². The molecule has 1 fully saturated rings. The Kier molecular flexibility index (Phi) is 5.05. The Hall–Kier alpha value is -0.810. The maximum absolute atomic E-state index is 12.4. The van der Waals surface area contributed by atoms with E-state index >= 15 is 0 Å². The van der Waals surface area contributed by atoms with Gasteiger partial charge in [-0.3, -0.25) is 4.79 Å². The third-order valence-electron chi connectivity index (χ3n) is 3.47. The fourth-order valence-electron chi connectivity index (χ4n) is 2.44. The minimum Gasteiger partial charge on any atom is -0.457 e. The maximum Gasteiger partial charge on any atom is 0.258 e. The van der Waals surface area contributed by atoms with Gasteiger partial charge >= 0.3 is 0 Å². The molecule has 2 rings (SSSR count). The van der Waals surface area contributed by atoms with Gasteiger partial charge < -0.3 is 14.6 Å². The van der Waals surface area contributed by atoms with Crippen molar-refractivity contribution in [2.75, 3.05) is 19.6 Å². The van der Waals surface area contributed by atoms with Crippen molar-refractivity contribution in [2.24, 2.45) is 5.92 Å². The molecule has 0 bridgehead atoms. The van der Waals surface area contributed by atoms with E-state index in [9.17, 15) is 4.79 Å². The van der Waals surface area contributed by atoms with Crippen LogP contribution in [0.3, 0.4) is 0 Å². The highest BCUT2D eigenvalue weighted by Gasteiger charge is 2.26. The van der Waals surface area contributed by atoms with Crippen LogP contribution >= 0.6 is 15.9 Å². The predicted molar refractivity (Wildman–Crippen MR) is 78.2 cm³/mol. The number of nitrogens with one attached hydrogen (secondary N) is 1. The average molecular weight is 329 g/mol. The summed E-state index contributed by atoms with van der Waals surface area (Å²) in [6.07, 6.45) is 3.81. The molecule has 1 aliphatic rings. The van der Waals surface area contributed by atoms with Gasteiger partial charge in [-0.25, -0.2) is 0 Å². The summed E-state index contributed by atoms with van der Waals surface area (Å²) in [6.45, 7) is 6.95. The summed E-state index contributed by atoms with van der Waals surface area (Å²) in [5.41, 5.74) is 0.623. The van der Waals surface area contributed by atoms with E-state index in [1.807, 2.05) is 4.90 Å². The van der Waals surface area contributed by atoms with Gasteiger partial charge in [0.05, 0.1) is 11.8 Å². The zero-order valence-electron chi connectivity index (χ0n) is 11.5. The normalized spacial score (nSPS) is 20.0. The lowest BCUT2D eigenvalue weighted by Crippen LogP contribution is -2.43. The fourth-order valence-corrected chi connectivity index (χ4v) is 2.84.